The molecule has 1 fully saturated rings. The minimum atomic E-state index is 0.275. The Hall–Kier alpha value is -0.900. The van der Waals surface area contributed by atoms with Crippen LogP contribution in [-0.4, -0.2) is 43.3 Å². The lowest BCUT2D eigenvalue weighted by Gasteiger charge is -2.31. The fourth-order valence-electron chi connectivity index (χ4n) is 1.75. The van der Waals surface area contributed by atoms with Crippen LogP contribution in [0.4, 0.5) is 0 Å². The van der Waals surface area contributed by atoms with Crippen LogP contribution in [0.5, 0.6) is 0 Å². The maximum absolute atomic E-state index is 5.92. The molecule has 0 aromatic carbocycles. The summed E-state index contributed by atoms with van der Waals surface area (Å²) >= 11 is 0. The number of likely N-dealkylation sites (tertiary alicyclic amines) is 1. The molecule has 1 saturated heterocycles. The smallest absolute Gasteiger partial charge is 0.220 e. The first-order valence-electron chi connectivity index (χ1n) is 5.77. The SMILES string of the molecule is CCCC=NC(=NC)N1CCCC(N)C1. The van der Waals surface area contributed by atoms with Gasteiger partial charge in [0.25, 0.3) is 0 Å². The summed E-state index contributed by atoms with van der Waals surface area (Å²) in [5.74, 6) is 0.832. The van der Waals surface area contributed by atoms with Gasteiger partial charge in [-0.1, -0.05) is 13.3 Å². The van der Waals surface area contributed by atoms with E-state index in [2.05, 4.69) is 21.8 Å². The Morgan fingerprint density at radius 3 is 3.00 bits per heavy atom. The molecule has 0 aromatic heterocycles. The monoisotopic (exact) mass is 210 g/mol. The standard InChI is InChI=1S/C11H22N4/c1-3-4-7-14-11(13-2)15-8-5-6-10(12)9-15/h7,10H,3-6,8-9,12H2,1-2H3. The quantitative estimate of drug-likeness (QED) is 0.551. The molecule has 1 aliphatic rings. The molecule has 0 spiro atoms. The predicted octanol–water partition coefficient (Wildman–Crippen LogP) is 1.27. The number of nitrogens with zero attached hydrogens (tertiary/aromatic N) is 3. The average molecular weight is 210 g/mol. The maximum atomic E-state index is 5.92. The van der Waals surface area contributed by atoms with Gasteiger partial charge in [-0.2, -0.15) is 0 Å². The molecule has 86 valence electrons. The number of nitrogens with two attached hydrogens (primary N) is 1. The molecular formula is C11H22N4. The van der Waals surface area contributed by atoms with Crippen LogP contribution in [0.3, 0.4) is 0 Å². The van der Waals surface area contributed by atoms with Crippen molar-refractivity contribution in [2.24, 2.45) is 15.7 Å². The predicted molar refractivity (Wildman–Crippen MR) is 65.5 cm³/mol. The average Bonchev–Trinajstić information content (AvgIpc) is 2.24. The van der Waals surface area contributed by atoms with Crippen LogP contribution in [0.1, 0.15) is 32.6 Å². The molecular weight excluding hydrogens is 188 g/mol. The van der Waals surface area contributed by atoms with Gasteiger partial charge in [0.05, 0.1) is 0 Å². The first kappa shape index (κ1) is 12.2. The molecule has 0 saturated carbocycles. The Labute approximate surface area is 92.3 Å². The van der Waals surface area contributed by atoms with Crippen molar-refractivity contribution in [3.05, 3.63) is 0 Å². The summed E-state index contributed by atoms with van der Waals surface area (Å²) in [4.78, 5) is 10.8. The normalized spacial score (nSPS) is 23.8. The number of unbranched alkanes of at least 4 members (excludes halogenated alkanes) is 1. The molecule has 0 aliphatic carbocycles. The largest absolute Gasteiger partial charge is 0.340 e. The molecule has 4 heteroatoms. The third-order valence-corrected chi connectivity index (χ3v) is 2.57. The molecule has 1 atom stereocenters. The van der Waals surface area contributed by atoms with Crippen LogP contribution in [0.25, 0.3) is 0 Å². The van der Waals surface area contributed by atoms with Gasteiger partial charge in [0.15, 0.2) is 0 Å². The highest BCUT2D eigenvalue weighted by Gasteiger charge is 2.18. The molecule has 1 aliphatic heterocycles. The van der Waals surface area contributed by atoms with E-state index < -0.39 is 0 Å². The second-order valence-corrected chi connectivity index (χ2v) is 3.97. The summed E-state index contributed by atoms with van der Waals surface area (Å²) in [5, 5.41) is 0. The van der Waals surface area contributed by atoms with Crippen LogP contribution in [-0.2, 0) is 0 Å². The molecule has 2 N–H and O–H groups in total. The van der Waals surface area contributed by atoms with E-state index in [0.29, 0.717) is 0 Å². The highest BCUT2D eigenvalue weighted by Crippen LogP contribution is 2.09. The van der Waals surface area contributed by atoms with Crippen LogP contribution in [0.2, 0.25) is 0 Å². The number of hydrogen-bond acceptors (Lipinski definition) is 2. The van der Waals surface area contributed by atoms with E-state index in [1.54, 1.807) is 7.05 Å². The Morgan fingerprint density at radius 2 is 2.40 bits per heavy atom. The van der Waals surface area contributed by atoms with Gasteiger partial charge in [0, 0.05) is 32.4 Å². The summed E-state index contributed by atoms with van der Waals surface area (Å²) in [6.07, 6.45) is 6.34. The van der Waals surface area contributed by atoms with Crippen molar-refractivity contribution in [3.8, 4) is 0 Å². The third kappa shape index (κ3) is 4.00. The topological polar surface area (TPSA) is 54.0 Å². The second kappa shape index (κ2) is 6.56. The Balaban J connectivity index is 2.50. The van der Waals surface area contributed by atoms with Gasteiger partial charge >= 0.3 is 0 Å². The molecule has 0 aromatic rings. The molecule has 1 rings (SSSR count). The van der Waals surface area contributed by atoms with Crippen molar-refractivity contribution in [3.63, 3.8) is 0 Å². The summed E-state index contributed by atoms with van der Waals surface area (Å²) in [5.41, 5.74) is 5.92. The maximum Gasteiger partial charge on any atom is 0.220 e. The summed E-state index contributed by atoms with van der Waals surface area (Å²) in [7, 11) is 1.79. The van der Waals surface area contributed by atoms with Crippen LogP contribution in [0.15, 0.2) is 9.98 Å². The first-order valence-corrected chi connectivity index (χ1v) is 5.77. The zero-order valence-electron chi connectivity index (χ0n) is 9.82. The number of aliphatic imine (C=N–C) groups is 2. The Bertz CT molecular complexity index is 235. The van der Waals surface area contributed by atoms with E-state index in [1.165, 1.54) is 0 Å². The Morgan fingerprint density at radius 1 is 1.60 bits per heavy atom. The zero-order valence-corrected chi connectivity index (χ0v) is 9.82. The zero-order chi connectivity index (χ0) is 11.1. The number of piperidine rings is 1. The van der Waals surface area contributed by atoms with E-state index in [9.17, 15) is 0 Å². The van der Waals surface area contributed by atoms with Gasteiger partial charge in [0.1, 0.15) is 0 Å². The molecule has 0 radical (unpaired) electrons. The molecule has 1 heterocycles. The van der Waals surface area contributed by atoms with Gasteiger partial charge in [-0.15, -0.1) is 0 Å². The van der Waals surface area contributed by atoms with Gasteiger partial charge in [-0.05, 0) is 19.3 Å². The molecule has 0 amide bonds. The molecule has 0 bridgehead atoms. The lowest BCUT2D eigenvalue weighted by molar-refractivity contribution is 0.307. The minimum Gasteiger partial charge on any atom is -0.340 e. The van der Waals surface area contributed by atoms with Crippen molar-refractivity contribution < 1.29 is 0 Å². The summed E-state index contributed by atoms with van der Waals surface area (Å²) in [6.45, 7) is 4.06. The number of hydrogen-bond donors (Lipinski definition) is 1. The highest BCUT2D eigenvalue weighted by molar-refractivity contribution is 5.87. The third-order valence-electron chi connectivity index (χ3n) is 2.57. The van der Waals surface area contributed by atoms with Crippen molar-refractivity contribution >= 4 is 12.2 Å². The van der Waals surface area contributed by atoms with Gasteiger partial charge in [0.2, 0.25) is 5.96 Å². The fraction of sp³-hybridized carbons (Fsp3) is 0.818. The first-order chi connectivity index (χ1) is 7.27. The van der Waals surface area contributed by atoms with Crippen molar-refractivity contribution in [2.45, 2.75) is 38.6 Å². The van der Waals surface area contributed by atoms with E-state index in [-0.39, 0.29) is 6.04 Å². The molecule has 4 nitrogen and oxygen atoms in total. The summed E-state index contributed by atoms with van der Waals surface area (Å²) in [6, 6.07) is 0.275. The van der Waals surface area contributed by atoms with E-state index >= 15 is 0 Å². The van der Waals surface area contributed by atoms with E-state index in [1.807, 2.05) is 6.21 Å². The van der Waals surface area contributed by atoms with E-state index in [0.717, 1.165) is 44.7 Å². The van der Waals surface area contributed by atoms with Gasteiger partial charge in [-0.25, -0.2) is 4.99 Å². The lowest BCUT2D eigenvalue weighted by Crippen LogP contribution is -2.45. The van der Waals surface area contributed by atoms with Crippen molar-refractivity contribution in [1.82, 2.24) is 4.90 Å². The van der Waals surface area contributed by atoms with Gasteiger partial charge in [-0.3, -0.25) is 4.99 Å². The highest BCUT2D eigenvalue weighted by atomic mass is 15.3. The lowest BCUT2D eigenvalue weighted by atomic mass is 10.1. The molecule has 1 unspecified atom stereocenters. The van der Waals surface area contributed by atoms with Crippen LogP contribution in [0, 0.1) is 0 Å². The summed E-state index contributed by atoms with van der Waals surface area (Å²) < 4.78 is 0. The minimum absolute atomic E-state index is 0.275. The second-order valence-electron chi connectivity index (χ2n) is 3.97. The molecule has 15 heavy (non-hydrogen) atoms. The van der Waals surface area contributed by atoms with Crippen LogP contribution < -0.4 is 5.73 Å². The van der Waals surface area contributed by atoms with Crippen molar-refractivity contribution in [2.75, 3.05) is 20.1 Å². The number of guanidine groups is 1. The number of rotatable bonds is 2. The van der Waals surface area contributed by atoms with Gasteiger partial charge < -0.3 is 10.6 Å². The van der Waals surface area contributed by atoms with Crippen molar-refractivity contribution in [1.29, 1.82) is 0 Å². The fourth-order valence-corrected chi connectivity index (χ4v) is 1.75. The van der Waals surface area contributed by atoms with Crippen LogP contribution >= 0.6 is 0 Å². The van der Waals surface area contributed by atoms with E-state index in [4.69, 9.17) is 5.73 Å². The Kier molecular flexibility index (Phi) is 5.32.